The van der Waals surface area contributed by atoms with E-state index in [1.54, 1.807) is 6.20 Å². The molecule has 0 spiro atoms. The molecule has 2 heterocycles. The Balaban J connectivity index is 1.63. The van der Waals surface area contributed by atoms with E-state index in [4.69, 9.17) is 4.74 Å². The van der Waals surface area contributed by atoms with Crippen molar-refractivity contribution in [3.8, 4) is 0 Å². The van der Waals surface area contributed by atoms with Crippen LogP contribution in [0.2, 0.25) is 0 Å². The molecular weight excluding hydrogens is 356 g/mol. The largest absolute Gasteiger partial charge is 0.378 e. The second-order valence-electron chi connectivity index (χ2n) is 5.92. The highest BCUT2D eigenvalue weighted by molar-refractivity contribution is 9.10. The number of ether oxygens (including phenoxy) is 1. The molecule has 118 valence electrons. The van der Waals surface area contributed by atoms with Crippen molar-refractivity contribution < 1.29 is 9.53 Å². The van der Waals surface area contributed by atoms with E-state index in [9.17, 15) is 4.79 Å². The molecule has 2 aliphatic carbocycles. The summed E-state index contributed by atoms with van der Waals surface area (Å²) in [5.41, 5.74) is 5.54. The molecule has 1 aromatic rings. The monoisotopic (exact) mass is 372 g/mol. The zero-order chi connectivity index (χ0) is 15.8. The maximum Gasteiger partial charge on any atom is 0.184 e. The van der Waals surface area contributed by atoms with Gasteiger partial charge >= 0.3 is 0 Å². The van der Waals surface area contributed by atoms with E-state index >= 15 is 0 Å². The number of hydrogen-bond acceptors (Lipinski definition) is 4. The summed E-state index contributed by atoms with van der Waals surface area (Å²) in [6.45, 7) is 3.19. The van der Waals surface area contributed by atoms with E-state index in [2.05, 4.69) is 31.9 Å². The Bertz CT molecular complexity index is 758. The summed E-state index contributed by atoms with van der Waals surface area (Å²) in [4.78, 5) is 19.0. The van der Waals surface area contributed by atoms with Gasteiger partial charge in [-0.05, 0) is 51.2 Å². The van der Waals surface area contributed by atoms with Crippen molar-refractivity contribution in [2.45, 2.75) is 12.8 Å². The summed E-state index contributed by atoms with van der Waals surface area (Å²) < 4.78 is 6.23. The lowest BCUT2D eigenvalue weighted by Gasteiger charge is -2.33. The lowest BCUT2D eigenvalue weighted by molar-refractivity contribution is -0.111. The van der Waals surface area contributed by atoms with Gasteiger partial charge in [0.1, 0.15) is 4.60 Å². The first kappa shape index (κ1) is 14.8. The van der Waals surface area contributed by atoms with Crippen LogP contribution in [0.4, 0.5) is 0 Å². The fraction of sp³-hybridized carbons (Fsp3) is 0.333. The van der Waals surface area contributed by atoms with Crippen LogP contribution < -0.4 is 0 Å². The number of rotatable bonds is 2. The van der Waals surface area contributed by atoms with Gasteiger partial charge < -0.3 is 9.64 Å². The molecule has 23 heavy (non-hydrogen) atoms. The number of nitrogens with zero attached hydrogens (tertiary/aromatic N) is 2. The van der Waals surface area contributed by atoms with Crippen LogP contribution in [0.15, 0.2) is 51.9 Å². The molecule has 1 fully saturated rings. The number of hydrogen-bond donors (Lipinski definition) is 0. The molecule has 0 atom stereocenters. The maximum atomic E-state index is 12.5. The summed E-state index contributed by atoms with van der Waals surface area (Å²) in [6, 6.07) is 4.02. The molecule has 0 bridgehead atoms. The lowest BCUT2D eigenvalue weighted by atomic mass is 9.89. The summed E-state index contributed by atoms with van der Waals surface area (Å²) in [5.74, 6) is 0.159. The highest BCUT2D eigenvalue weighted by atomic mass is 79.9. The number of pyridine rings is 1. The van der Waals surface area contributed by atoms with Crippen LogP contribution in [-0.2, 0) is 9.53 Å². The molecule has 1 aromatic heterocycles. The first-order chi connectivity index (χ1) is 11.2. The Labute approximate surface area is 143 Å². The minimum absolute atomic E-state index is 0.159. The van der Waals surface area contributed by atoms with Gasteiger partial charge in [-0.3, -0.25) is 4.79 Å². The van der Waals surface area contributed by atoms with Crippen LogP contribution in [0.1, 0.15) is 18.4 Å². The van der Waals surface area contributed by atoms with Gasteiger partial charge in [-0.15, -0.1) is 0 Å². The highest BCUT2D eigenvalue weighted by Gasteiger charge is 2.29. The normalized spacial score (nSPS) is 21.3. The first-order valence-electron chi connectivity index (χ1n) is 7.84. The molecule has 0 aromatic carbocycles. The van der Waals surface area contributed by atoms with Crippen LogP contribution in [0.3, 0.4) is 0 Å². The van der Waals surface area contributed by atoms with Gasteiger partial charge in [0, 0.05) is 43.1 Å². The van der Waals surface area contributed by atoms with Gasteiger partial charge in [0.2, 0.25) is 0 Å². The number of aromatic nitrogens is 1. The van der Waals surface area contributed by atoms with Crippen molar-refractivity contribution in [1.29, 1.82) is 0 Å². The van der Waals surface area contributed by atoms with Crippen molar-refractivity contribution in [2.75, 3.05) is 26.3 Å². The Morgan fingerprint density at radius 3 is 2.83 bits per heavy atom. The summed E-state index contributed by atoms with van der Waals surface area (Å²) in [5, 5.41) is 0. The molecule has 5 heteroatoms. The van der Waals surface area contributed by atoms with Crippen LogP contribution >= 0.6 is 15.9 Å². The number of halogens is 1. The summed E-state index contributed by atoms with van der Waals surface area (Å²) in [7, 11) is 0. The zero-order valence-electron chi connectivity index (χ0n) is 12.7. The molecular formula is C18H17BrN2O2. The number of carbonyl (C=O) groups excluding carboxylic acids is 1. The van der Waals surface area contributed by atoms with Gasteiger partial charge in [0.15, 0.2) is 5.78 Å². The van der Waals surface area contributed by atoms with Gasteiger partial charge in [0.25, 0.3) is 0 Å². The van der Waals surface area contributed by atoms with E-state index in [1.807, 2.05) is 18.2 Å². The van der Waals surface area contributed by atoms with Crippen molar-refractivity contribution in [2.24, 2.45) is 0 Å². The zero-order valence-corrected chi connectivity index (χ0v) is 14.3. The molecule has 0 saturated carbocycles. The molecule has 1 saturated heterocycles. The summed E-state index contributed by atoms with van der Waals surface area (Å²) >= 11 is 3.43. The van der Waals surface area contributed by atoms with E-state index in [-0.39, 0.29) is 5.78 Å². The number of carbonyl (C=O) groups is 1. The number of ketones is 1. The Morgan fingerprint density at radius 2 is 2.04 bits per heavy atom. The van der Waals surface area contributed by atoms with Crippen molar-refractivity contribution in [3.63, 3.8) is 0 Å². The third-order valence-corrected chi connectivity index (χ3v) is 5.04. The average Bonchev–Trinajstić information content (AvgIpc) is 3.00. The standard InChI is InChI=1S/C18H17BrN2O2/c19-18-9-12(3-4-20-18)14-1-2-15-16(14)10-13(11-17(15)22)21-5-7-23-8-6-21/h1,3-4,9,11H,2,5-8,10H2. The van der Waals surface area contributed by atoms with E-state index in [0.717, 1.165) is 60.6 Å². The smallest absolute Gasteiger partial charge is 0.184 e. The predicted molar refractivity (Wildman–Crippen MR) is 91.7 cm³/mol. The Hall–Kier alpha value is -1.72. The molecule has 4 rings (SSSR count). The van der Waals surface area contributed by atoms with Gasteiger partial charge in [0.05, 0.1) is 13.2 Å². The van der Waals surface area contributed by atoms with Crippen molar-refractivity contribution in [1.82, 2.24) is 9.88 Å². The lowest BCUT2D eigenvalue weighted by Crippen LogP contribution is -2.36. The molecule has 0 unspecified atom stereocenters. The highest BCUT2D eigenvalue weighted by Crippen LogP contribution is 2.41. The quantitative estimate of drug-likeness (QED) is 0.748. The fourth-order valence-electron chi connectivity index (χ4n) is 3.45. The van der Waals surface area contributed by atoms with Crippen LogP contribution in [0, 0.1) is 0 Å². The fourth-order valence-corrected chi connectivity index (χ4v) is 3.82. The van der Waals surface area contributed by atoms with E-state index < -0.39 is 0 Å². The third kappa shape index (κ3) is 2.79. The molecule has 0 radical (unpaired) electrons. The van der Waals surface area contributed by atoms with Gasteiger partial charge in [-0.25, -0.2) is 4.98 Å². The molecule has 3 aliphatic rings. The number of allylic oxidation sites excluding steroid dienone is 5. The third-order valence-electron chi connectivity index (χ3n) is 4.61. The Morgan fingerprint density at radius 1 is 1.22 bits per heavy atom. The second-order valence-corrected chi connectivity index (χ2v) is 6.73. The second kappa shape index (κ2) is 6.06. The minimum atomic E-state index is 0.159. The molecule has 1 aliphatic heterocycles. The van der Waals surface area contributed by atoms with E-state index in [0.29, 0.717) is 0 Å². The van der Waals surface area contributed by atoms with Crippen LogP contribution in [0.25, 0.3) is 5.57 Å². The first-order valence-corrected chi connectivity index (χ1v) is 8.64. The Kier molecular flexibility index (Phi) is 3.91. The average molecular weight is 373 g/mol. The van der Waals surface area contributed by atoms with Gasteiger partial charge in [-0.2, -0.15) is 0 Å². The predicted octanol–water partition coefficient (Wildman–Crippen LogP) is 3.12. The minimum Gasteiger partial charge on any atom is -0.378 e. The SMILES string of the molecule is O=C1C=C(N2CCOCC2)CC2=C1CC=C2c1ccnc(Br)c1. The topological polar surface area (TPSA) is 42.4 Å². The van der Waals surface area contributed by atoms with Crippen molar-refractivity contribution >= 4 is 27.3 Å². The summed E-state index contributed by atoms with van der Waals surface area (Å²) in [6.07, 6.45) is 7.34. The van der Waals surface area contributed by atoms with Crippen LogP contribution in [-0.4, -0.2) is 42.0 Å². The maximum absolute atomic E-state index is 12.5. The van der Waals surface area contributed by atoms with Crippen molar-refractivity contribution in [3.05, 3.63) is 57.5 Å². The molecule has 4 nitrogen and oxygen atoms in total. The molecule has 0 N–H and O–H groups in total. The van der Waals surface area contributed by atoms with E-state index in [1.165, 1.54) is 11.1 Å². The molecule has 0 amide bonds. The van der Waals surface area contributed by atoms with Gasteiger partial charge in [-0.1, -0.05) is 6.08 Å². The number of morpholine rings is 1. The van der Waals surface area contributed by atoms with Crippen LogP contribution in [0.5, 0.6) is 0 Å².